The molecule has 18 heavy (non-hydrogen) atoms. The summed E-state index contributed by atoms with van der Waals surface area (Å²) < 4.78 is 22.6. The summed E-state index contributed by atoms with van der Waals surface area (Å²) in [6.45, 7) is 3.46. The van der Waals surface area contributed by atoms with Crippen molar-refractivity contribution in [3.05, 3.63) is 0 Å². The summed E-state index contributed by atoms with van der Waals surface area (Å²) in [5, 5.41) is 9.36. The third-order valence-electron chi connectivity index (χ3n) is 3.56. The molecule has 0 aromatic carbocycles. The lowest BCUT2D eigenvalue weighted by Crippen LogP contribution is -2.60. The van der Waals surface area contributed by atoms with Crippen LogP contribution in [0.15, 0.2) is 0 Å². The zero-order chi connectivity index (χ0) is 13.2. The highest BCUT2D eigenvalue weighted by atomic mass is 32.2. The van der Waals surface area contributed by atoms with Crippen LogP contribution in [0.3, 0.4) is 0 Å². The normalized spacial score (nSPS) is 32.9. The van der Waals surface area contributed by atoms with Crippen LogP contribution in [0.4, 0.5) is 0 Å². The van der Waals surface area contributed by atoms with Gasteiger partial charge in [-0.2, -0.15) is 0 Å². The van der Waals surface area contributed by atoms with Gasteiger partial charge in [-0.15, -0.1) is 0 Å². The van der Waals surface area contributed by atoms with Gasteiger partial charge in [0.05, 0.1) is 17.5 Å². The number of hydrogen-bond donors (Lipinski definition) is 3. The highest BCUT2D eigenvalue weighted by Gasteiger charge is 2.28. The second-order valence-corrected chi connectivity index (χ2v) is 7.51. The van der Waals surface area contributed by atoms with Crippen molar-refractivity contribution in [2.45, 2.75) is 37.9 Å². The molecule has 2 fully saturated rings. The second kappa shape index (κ2) is 5.54. The largest absolute Gasteiger partial charge is 0.352 e. The van der Waals surface area contributed by atoms with E-state index in [4.69, 9.17) is 0 Å². The molecule has 3 N–H and O–H groups in total. The molecular formula is C11H21N3O3S. The average Bonchev–Trinajstić information content (AvgIpc) is 2.33. The summed E-state index contributed by atoms with van der Waals surface area (Å²) in [5.41, 5.74) is 0. The van der Waals surface area contributed by atoms with E-state index in [9.17, 15) is 13.2 Å². The smallest absolute Gasteiger partial charge is 0.238 e. The zero-order valence-corrected chi connectivity index (χ0v) is 11.4. The maximum atomic E-state index is 12.0. The molecule has 0 radical (unpaired) electrons. The first-order chi connectivity index (χ1) is 8.46. The first kappa shape index (κ1) is 13.8. The van der Waals surface area contributed by atoms with E-state index in [2.05, 4.69) is 22.9 Å². The topological polar surface area (TPSA) is 87.3 Å². The van der Waals surface area contributed by atoms with E-state index >= 15 is 0 Å². The quantitative estimate of drug-likeness (QED) is 0.579. The van der Waals surface area contributed by atoms with Crippen molar-refractivity contribution < 1.29 is 13.2 Å². The van der Waals surface area contributed by atoms with Crippen LogP contribution in [-0.2, 0) is 14.6 Å². The number of amides is 1. The molecule has 0 aromatic rings. The van der Waals surface area contributed by atoms with Crippen LogP contribution in [-0.4, -0.2) is 57.0 Å². The van der Waals surface area contributed by atoms with Crippen molar-refractivity contribution in [1.29, 1.82) is 0 Å². The molecule has 2 atom stereocenters. The van der Waals surface area contributed by atoms with E-state index in [1.54, 1.807) is 0 Å². The highest BCUT2D eigenvalue weighted by molar-refractivity contribution is 7.91. The molecule has 0 spiro atoms. The van der Waals surface area contributed by atoms with E-state index in [0.717, 1.165) is 6.54 Å². The van der Waals surface area contributed by atoms with Gasteiger partial charge >= 0.3 is 0 Å². The molecule has 0 aromatic heterocycles. The first-order valence-corrected chi connectivity index (χ1v) is 8.26. The van der Waals surface area contributed by atoms with Crippen LogP contribution in [0.1, 0.15) is 19.8 Å². The highest BCUT2D eigenvalue weighted by Crippen LogP contribution is 2.12. The number of rotatable bonds is 2. The monoisotopic (exact) mass is 275 g/mol. The van der Waals surface area contributed by atoms with E-state index in [-0.39, 0.29) is 29.5 Å². The van der Waals surface area contributed by atoms with Crippen LogP contribution in [0, 0.1) is 0 Å². The van der Waals surface area contributed by atoms with Crippen LogP contribution >= 0.6 is 0 Å². The number of carbonyl (C=O) groups is 1. The van der Waals surface area contributed by atoms with E-state index in [1.807, 2.05) is 0 Å². The molecule has 1 amide bonds. The minimum absolute atomic E-state index is 0.00201. The second-order valence-electron chi connectivity index (χ2n) is 5.20. The predicted molar refractivity (Wildman–Crippen MR) is 69.1 cm³/mol. The van der Waals surface area contributed by atoms with Crippen molar-refractivity contribution >= 4 is 15.7 Å². The Balaban J connectivity index is 1.78. The molecule has 2 saturated heterocycles. The summed E-state index contributed by atoms with van der Waals surface area (Å²) >= 11 is 0. The van der Waals surface area contributed by atoms with E-state index in [1.165, 1.54) is 0 Å². The fourth-order valence-corrected chi connectivity index (χ4v) is 3.80. The van der Waals surface area contributed by atoms with Gasteiger partial charge in [0.2, 0.25) is 5.91 Å². The summed E-state index contributed by atoms with van der Waals surface area (Å²) in [5.74, 6) is 0.343. The van der Waals surface area contributed by atoms with Crippen molar-refractivity contribution in [3.63, 3.8) is 0 Å². The van der Waals surface area contributed by atoms with Crippen LogP contribution in [0.5, 0.6) is 0 Å². The predicted octanol–water partition coefficient (Wildman–Crippen LogP) is -1.37. The number of sulfone groups is 1. The SMILES string of the molecule is CC1CNC(C(=O)NC2CCS(=O)(=O)CC2)CN1. The summed E-state index contributed by atoms with van der Waals surface area (Å²) in [7, 11) is -2.86. The maximum Gasteiger partial charge on any atom is 0.238 e. The Hall–Kier alpha value is -0.660. The molecule has 2 unspecified atom stereocenters. The Morgan fingerprint density at radius 2 is 1.83 bits per heavy atom. The average molecular weight is 275 g/mol. The van der Waals surface area contributed by atoms with Gasteiger partial charge in [-0.3, -0.25) is 4.79 Å². The molecule has 6 nitrogen and oxygen atoms in total. The van der Waals surface area contributed by atoms with Gasteiger partial charge in [-0.1, -0.05) is 0 Å². The molecular weight excluding hydrogens is 254 g/mol. The van der Waals surface area contributed by atoms with Gasteiger partial charge in [0.15, 0.2) is 0 Å². The summed E-state index contributed by atoms with van der Waals surface area (Å²) in [4.78, 5) is 12.0. The third-order valence-corrected chi connectivity index (χ3v) is 5.27. The molecule has 2 rings (SSSR count). The van der Waals surface area contributed by atoms with Crippen LogP contribution in [0.2, 0.25) is 0 Å². The maximum absolute atomic E-state index is 12.0. The molecule has 7 heteroatoms. The Morgan fingerprint density at radius 1 is 1.17 bits per heavy atom. The fourth-order valence-electron chi connectivity index (χ4n) is 2.30. The van der Waals surface area contributed by atoms with E-state index in [0.29, 0.717) is 25.4 Å². The summed E-state index contributed by atoms with van der Waals surface area (Å²) in [6.07, 6.45) is 1.06. The fraction of sp³-hybridized carbons (Fsp3) is 0.909. The van der Waals surface area contributed by atoms with Crippen molar-refractivity contribution in [2.75, 3.05) is 24.6 Å². The number of carbonyl (C=O) groups excluding carboxylic acids is 1. The van der Waals surface area contributed by atoms with Crippen molar-refractivity contribution in [2.24, 2.45) is 0 Å². The van der Waals surface area contributed by atoms with Gasteiger partial charge in [0.25, 0.3) is 0 Å². The lowest BCUT2D eigenvalue weighted by Gasteiger charge is -2.30. The van der Waals surface area contributed by atoms with Gasteiger partial charge in [-0.05, 0) is 19.8 Å². The molecule has 104 valence electrons. The molecule has 2 aliphatic heterocycles. The Labute approximate surface area is 108 Å². The molecule has 0 saturated carbocycles. The Bertz CT molecular complexity index is 388. The van der Waals surface area contributed by atoms with Gasteiger partial charge in [-0.25, -0.2) is 8.42 Å². The van der Waals surface area contributed by atoms with Gasteiger partial charge < -0.3 is 16.0 Å². The van der Waals surface area contributed by atoms with Crippen molar-refractivity contribution in [1.82, 2.24) is 16.0 Å². The minimum Gasteiger partial charge on any atom is -0.352 e. The number of hydrogen-bond acceptors (Lipinski definition) is 5. The Morgan fingerprint density at radius 3 is 2.39 bits per heavy atom. The summed E-state index contributed by atoms with van der Waals surface area (Å²) in [6, 6.07) is 0.177. The zero-order valence-electron chi connectivity index (χ0n) is 10.6. The van der Waals surface area contributed by atoms with Gasteiger partial charge in [0.1, 0.15) is 9.84 Å². The van der Waals surface area contributed by atoms with E-state index < -0.39 is 9.84 Å². The number of nitrogens with one attached hydrogen (secondary N) is 3. The molecule has 2 heterocycles. The minimum atomic E-state index is -2.86. The number of piperazine rings is 1. The standard InChI is InChI=1S/C11H21N3O3S/c1-8-6-13-10(7-12-8)11(15)14-9-2-4-18(16,17)5-3-9/h8-10,12-13H,2-7H2,1H3,(H,14,15). The van der Waals surface area contributed by atoms with Gasteiger partial charge in [0, 0.05) is 25.2 Å². The lowest BCUT2D eigenvalue weighted by atomic mass is 10.1. The van der Waals surface area contributed by atoms with Crippen LogP contribution < -0.4 is 16.0 Å². The molecule has 0 aliphatic carbocycles. The third kappa shape index (κ3) is 3.66. The van der Waals surface area contributed by atoms with Crippen molar-refractivity contribution in [3.8, 4) is 0 Å². The Kier molecular flexibility index (Phi) is 4.24. The molecule has 0 bridgehead atoms. The van der Waals surface area contributed by atoms with Crippen LogP contribution in [0.25, 0.3) is 0 Å². The first-order valence-electron chi connectivity index (χ1n) is 6.44. The lowest BCUT2D eigenvalue weighted by molar-refractivity contribution is -0.124. The molecule has 2 aliphatic rings.